The van der Waals surface area contributed by atoms with E-state index in [1.165, 1.54) is 57.8 Å². The normalized spacial score (nSPS) is 14.8. The monoisotopic (exact) mass is 882 g/mol. The van der Waals surface area contributed by atoms with Gasteiger partial charge >= 0.3 is 0 Å². The number of nitrogens with zero attached hydrogens (tertiary/aromatic N) is 3. The molecule has 0 bridgehead atoms. The van der Waals surface area contributed by atoms with Crippen LogP contribution in [0.2, 0.25) is 0 Å². The molecule has 0 aliphatic carbocycles. The van der Waals surface area contributed by atoms with Crippen LogP contribution in [0.25, 0.3) is 0 Å². The van der Waals surface area contributed by atoms with Crippen LogP contribution in [-0.4, -0.2) is 217 Å². The molecule has 56 heavy (non-hydrogen) atoms. The quantitative estimate of drug-likeness (QED) is 0.0226. The number of quaternary nitrogens is 3. The number of hydrogen-bond donors (Lipinski definition) is 5. The summed E-state index contributed by atoms with van der Waals surface area (Å²) >= 11 is 0. The lowest BCUT2D eigenvalue weighted by molar-refractivity contribution is -0.936. The van der Waals surface area contributed by atoms with Crippen LogP contribution in [0, 0.1) is 0 Å². The zero-order valence-corrected chi connectivity index (χ0v) is 36.2. The maximum absolute atomic E-state index is 10.7. The van der Waals surface area contributed by atoms with Crippen molar-refractivity contribution in [3.63, 3.8) is 0 Å². The van der Waals surface area contributed by atoms with Crippen molar-refractivity contribution in [3.8, 4) is 0 Å². The highest BCUT2D eigenvalue weighted by atomic mass is 32.3. The molecule has 344 valence electrons. The van der Waals surface area contributed by atoms with Crippen molar-refractivity contribution >= 4 is 31.2 Å². The fourth-order valence-corrected chi connectivity index (χ4v) is 6.07. The third-order valence-corrected chi connectivity index (χ3v) is 8.96. The predicted octanol–water partition coefficient (Wildman–Crippen LogP) is -1.64. The van der Waals surface area contributed by atoms with Crippen LogP contribution in [0.5, 0.6) is 0 Å². The minimum atomic E-state index is -5.17. The molecule has 0 radical (unpaired) electrons. The molecule has 0 saturated carbocycles. The first kappa shape index (κ1) is 61.9. The molecule has 0 fully saturated rings. The molecule has 3 unspecified atom stereocenters. The minimum Gasteiger partial charge on any atom is -0.759 e. The van der Waals surface area contributed by atoms with E-state index >= 15 is 0 Å². The van der Waals surface area contributed by atoms with Gasteiger partial charge in [-0.05, 0) is 6.42 Å². The van der Waals surface area contributed by atoms with E-state index in [0.717, 1.165) is 49.9 Å². The highest BCUT2D eigenvalue weighted by molar-refractivity contribution is 7.80. The topological polar surface area (TPSA) is 351 Å². The van der Waals surface area contributed by atoms with Gasteiger partial charge in [0.2, 0.25) is 0 Å². The summed E-state index contributed by atoms with van der Waals surface area (Å²) in [5.74, 6) is 0. The summed E-state index contributed by atoms with van der Waals surface area (Å²) in [5, 5.41) is 49.0. The Balaban J connectivity index is -0.000000755. The van der Waals surface area contributed by atoms with Crippen LogP contribution in [0.1, 0.15) is 84.0 Å². The molecule has 0 aliphatic heterocycles. The molecule has 0 aromatic heterocycles. The second-order valence-electron chi connectivity index (χ2n) is 14.6. The molecule has 0 aliphatic rings. The highest BCUT2D eigenvalue weighted by Gasteiger charge is 2.29. The molecule has 21 nitrogen and oxygen atoms in total. The molecule has 3 atom stereocenters. The number of likely N-dealkylation sites (N-methyl/N-ethyl adjacent to an activating group) is 3. The van der Waals surface area contributed by atoms with Gasteiger partial charge in [-0.15, -0.1) is 0 Å². The van der Waals surface area contributed by atoms with Crippen molar-refractivity contribution in [2.24, 2.45) is 0 Å². The Morgan fingerprint density at radius 2 is 0.732 bits per heavy atom. The zero-order valence-electron chi connectivity index (χ0n) is 33.8. The molecule has 24 heteroatoms. The van der Waals surface area contributed by atoms with Gasteiger partial charge in [0.15, 0.2) is 0 Å². The van der Waals surface area contributed by atoms with Crippen LogP contribution in [0.15, 0.2) is 0 Å². The van der Waals surface area contributed by atoms with Crippen molar-refractivity contribution in [1.29, 1.82) is 0 Å². The summed E-state index contributed by atoms with van der Waals surface area (Å²) in [6, 6.07) is 0. The largest absolute Gasteiger partial charge is 0.759 e. The molecule has 0 amide bonds. The Hall–Kier alpha value is -0.750. The number of unbranched alkanes of at least 4 members (excludes halogenated alkanes) is 9. The van der Waals surface area contributed by atoms with E-state index in [2.05, 4.69) is 28.1 Å². The summed E-state index contributed by atoms with van der Waals surface area (Å²) < 4.78 is 110. The molecule has 0 saturated heterocycles. The average molecular weight is 883 g/mol. The Labute approximate surface area is 336 Å². The number of aliphatic hydroxyl groups is 5. The molecule has 5 N–H and O–H groups in total. The van der Waals surface area contributed by atoms with Crippen LogP contribution in [-0.2, 0) is 35.9 Å². The van der Waals surface area contributed by atoms with E-state index in [0.29, 0.717) is 54.9 Å². The predicted molar refractivity (Wildman–Crippen MR) is 200 cm³/mol. The maximum atomic E-state index is 10.7. The van der Waals surface area contributed by atoms with Crippen molar-refractivity contribution in [2.75, 3.05) is 120 Å². The number of ether oxygens (including phenoxy) is 1. The van der Waals surface area contributed by atoms with Gasteiger partial charge in [-0.2, -0.15) is 0 Å². The number of hydrogen-bond acceptors (Lipinski definition) is 18. The lowest BCUT2D eigenvalue weighted by Crippen LogP contribution is -2.55. The van der Waals surface area contributed by atoms with Gasteiger partial charge in [0.25, 0.3) is 0 Å². The first-order valence-corrected chi connectivity index (χ1v) is 22.8. The zero-order chi connectivity index (χ0) is 44.4. The third kappa shape index (κ3) is 57.6. The summed E-state index contributed by atoms with van der Waals surface area (Å²) in [4.78, 5) is 0. The van der Waals surface area contributed by atoms with Gasteiger partial charge in [0.05, 0.1) is 80.4 Å². The molecule has 0 spiro atoms. The van der Waals surface area contributed by atoms with Crippen LogP contribution in [0.3, 0.4) is 0 Å². The Morgan fingerprint density at radius 1 is 0.464 bits per heavy atom. The molecule has 0 heterocycles. The van der Waals surface area contributed by atoms with Crippen LogP contribution in [0.4, 0.5) is 0 Å². The maximum Gasteiger partial charge on any atom is 0.126 e. The van der Waals surface area contributed by atoms with Crippen molar-refractivity contribution < 1.29 is 96.3 Å². The first-order chi connectivity index (χ1) is 25.6. The SMILES string of the molecule is CCCCCCCCCCCCOCC(O)C[N+](C)(CCO)CCC[N+](C)(CCO)CCC[N+](C)(CCO)CCO.O=S(=O)([O-])[O-].O=S(=O)([O-])[O-].O=S(=O)([O-])[O-]. The van der Waals surface area contributed by atoms with E-state index in [1.54, 1.807) is 0 Å². The Morgan fingerprint density at radius 3 is 1.05 bits per heavy atom. The van der Waals surface area contributed by atoms with Crippen molar-refractivity contribution in [1.82, 2.24) is 0 Å². The first-order valence-electron chi connectivity index (χ1n) is 18.8. The van der Waals surface area contributed by atoms with Gasteiger partial charge < -0.3 is 71.0 Å². The second-order valence-corrected chi connectivity index (χ2v) is 17.0. The molecular formula is C32H72N3O18S3-3. The standard InChI is InChI=1S/C32H72N3O6.3H2O4S/c1-5-6-7-8-9-10-11-12-13-14-29-41-31-32(40)30-35(4,24-28-39)20-16-18-33(2,21-25-36)17-15-19-34(3,22-26-37)23-27-38;3*1-5(2,3)4/h32,36-40H,5-31H2,1-4H3;3*(H2,1,2,3,4)/q+3;;;/p-6. The van der Waals surface area contributed by atoms with Crippen LogP contribution >= 0.6 is 0 Å². The lowest BCUT2D eigenvalue weighted by atomic mass is 10.1. The molecular weight excluding hydrogens is 811 g/mol. The number of rotatable bonds is 31. The van der Waals surface area contributed by atoms with Gasteiger partial charge in [0, 0.05) is 50.6 Å². The highest BCUT2D eigenvalue weighted by Crippen LogP contribution is 2.14. The Bertz CT molecular complexity index is 1130. The number of aliphatic hydroxyl groups excluding tert-OH is 5. The summed E-state index contributed by atoms with van der Waals surface area (Å²) in [7, 11) is -9.14. The molecule has 0 aromatic carbocycles. The van der Waals surface area contributed by atoms with Gasteiger partial charge in [-0.3, -0.25) is 25.3 Å². The Kier molecular flexibility index (Phi) is 38.7. The molecule has 0 aromatic rings. The fraction of sp³-hybridized carbons (Fsp3) is 1.00. The van der Waals surface area contributed by atoms with E-state index in [1.807, 2.05) is 0 Å². The summed E-state index contributed by atoms with van der Waals surface area (Å²) in [6.07, 6.45) is 14.3. The average Bonchev–Trinajstić information content (AvgIpc) is 2.99. The van der Waals surface area contributed by atoms with Crippen molar-refractivity contribution in [3.05, 3.63) is 0 Å². The van der Waals surface area contributed by atoms with Crippen molar-refractivity contribution in [2.45, 2.75) is 90.1 Å². The third-order valence-electron chi connectivity index (χ3n) is 8.96. The van der Waals surface area contributed by atoms with Gasteiger partial charge in [0.1, 0.15) is 38.8 Å². The lowest BCUT2D eigenvalue weighted by Gasteiger charge is -2.39. The minimum absolute atomic E-state index is 0.0810. The fourth-order valence-electron chi connectivity index (χ4n) is 6.07. The van der Waals surface area contributed by atoms with E-state index < -0.39 is 37.3 Å². The van der Waals surface area contributed by atoms with Gasteiger partial charge in [-0.1, -0.05) is 64.7 Å². The van der Waals surface area contributed by atoms with E-state index in [-0.39, 0.29) is 26.4 Å². The summed E-state index contributed by atoms with van der Waals surface area (Å²) in [6.45, 7) is 10.4. The van der Waals surface area contributed by atoms with Crippen LogP contribution < -0.4 is 0 Å². The van der Waals surface area contributed by atoms with E-state index in [4.69, 9.17) is 57.3 Å². The smallest absolute Gasteiger partial charge is 0.126 e. The summed E-state index contributed by atoms with van der Waals surface area (Å²) in [5.41, 5.74) is 0. The molecule has 0 rings (SSSR count). The second kappa shape index (κ2) is 35.0. The van der Waals surface area contributed by atoms with Gasteiger partial charge in [-0.25, -0.2) is 0 Å². The van der Waals surface area contributed by atoms with E-state index in [9.17, 15) is 25.5 Å².